The van der Waals surface area contributed by atoms with Gasteiger partial charge in [-0.25, -0.2) is 9.78 Å². The number of nitrogens with zero attached hydrogens (tertiary/aromatic N) is 2. The lowest BCUT2D eigenvalue weighted by Crippen LogP contribution is -2.38. The molecule has 1 aromatic heterocycles. The average Bonchev–Trinajstić information content (AvgIpc) is 2.85. The van der Waals surface area contributed by atoms with E-state index in [0.717, 1.165) is 5.56 Å². The van der Waals surface area contributed by atoms with Crippen LogP contribution in [0.4, 0.5) is 5.82 Å². The van der Waals surface area contributed by atoms with Gasteiger partial charge in [0.2, 0.25) is 5.91 Å². The molecule has 7 nitrogen and oxygen atoms in total. The van der Waals surface area contributed by atoms with E-state index < -0.39 is 12.0 Å². The number of carbonyl (C=O) groups is 2. The number of carbonyl (C=O) groups excluding carboxylic acids is 2. The van der Waals surface area contributed by atoms with Crippen LogP contribution in [0.2, 0.25) is 0 Å². The van der Waals surface area contributed by atoms with Gasteiger partial charge in [-0.15, -0.1) is 0 Å². The van der Waals surface area contributed by atoms with Gasteiger partial charge in [-0.1, -0.05) is 30.3 Å². The molecule has 2 rings (SSSR count). The number of amides is 1. The SMILES string of the molecule is CC(=O)N[C@@H](C)C(=O)OCc1c(N)ncn1Cc1ccccc1. The topological polar surface area (TPSA) is 99.2 Å². The quantitative estimate of drug-likeness (QED) is 0.777. The molecule has 1 heterocycles. The number of nitrogens with two attached hydrogens (primary N) is 1. The van der Waals surface area contributed by atoms with Crippen LogP contribution >= 0.6 is 0 Å². The Balaban J connectivity index is 2.01. The molecule has 0 unspecified atom stereocenters. The number of hydrogen-bond donors (Lipinski definition) is 2. The summed E-state index contributed by atoms with van der Waals surface area (Å²) in [4.78, 5) is 26.9. The first-order chi connectivity index (χ1) is 11.0. The van der Waals surface area contributed by atoms with Crippen LogP contribution < -0.4 is 11.1 Å². The molecule has 2 aromatic rings. The molecule has 23 heavy (non-hydrogen) atoms. The highest BCUT2D eigenvalue weighted by molar-refractivity contribution is 5.82. The highest BCUT2D eigenvalue weighted by atomic mass is 16.5. The van der Waals surface area contributed by atoms with Gasteiger partial charge in [-0.05, 0) is 12.5 Å². The van der Waals surface area contributed by atoms with E-state index in [0.29, 0.717) is 18.1 Å². The van der Waals surface area contributed by atoms with Crippen molar-refractivity contribution in [3.63, 3.8) is 0 Å². The largest absolute Gasteiger partial charge is 0.458 e. The van der Waals surface area contributed by atoms with Gasteiger partial charge < -0.3 is 20.4 Å². The van der Waals surface area contributed by atoms with E-state index in [4.69, 9.17) is 10.5 Å². The maximum Gasteiger partial charge on any atom is 0.328 e. The Hall–Kier alpha value is -2.83. The number of esters is 1. The number of hydrogen-bond acceptors (Lipinski definition) is 5. The van der Waals surface area contributed by atoms with E-state index in [2.05, 4.69) is 10.3 Å². The minimum Gasteiger partial charge on any atom is -0.458 e. The molecule has 0 aliphatic rings. The van der Waals surface area contributed by atoms with Gasteiger partial charge >= 0.3 is 5.97 Å². The van der Waals surface area contributed by atoms with Crippen LogP contribution in [0.3, 0.4) is 0 Å². The summed E-state index contributed by atoms with van der Waals surface area (Å²) >= 11 is 0. The zero-order valence-corrected chi connectivity index (χ0v) is 13.2. The molecular formula is C16H20N4O3. The Bertz CT molecular complexity index is 682. The molecule has 0 aliphatic carbocycles. The molecular weight excluding hydrogens is 296 g/mol. The lowest BCUT2D eigenvalue weighted by atomic mass is 10.2. The van der Waals surface area contributed by atoms with Crippen molar-refractivity contribution in [2.75, 3.05) is 5.73 Å². The zero-order chi connectivity index (χ0) is 16.8. The predicted molar refractivity (Wildman–Crippen MR) is 85.3 cm³/mol. The first-order valence-corrected chi connectivity index (χ1v) is 7.24. The minimum atomic E-state index is -0.709. The number of aromatic nitrogens is 2. The number of benzene rings is 1. The molecule has 0 saturated carbocycles. The summed E-state index contributed by atoms with van der Waals surface area (Å²) in [6.07, 6.45) is 1.61. The monoisotopic (exact) mass is 316 g/mol. The Morgan fingerprint density at radius 2 is 2.04 bits per heavy atom. The molecule has 0 fully saturated rings. The van der Waals surface area contributed by atoms with Crippen molar-refractivity contribution >= 4 is 17.7 Å². The maximum atomic E-state index is 11.8. The average molecular weight is 316 g/mol. The van der Waals surface area contributed by atoms with Crippen molar-refractivity contribution in [2.45, 2.75) is 33.0 Å². The van der Waals surface area contributed by atoms with Crippen molar-refractivity contribution in [1.29, 1.82) is 0 Å². The van der Waals surface area contributed by atoms with Crippen LogP contribution in [0.25, 0.3) is 0 Å². The highest BCUT2D eigenvalue weighted by Crippen LogP contribution is 2.14. The second kappa shape index (κ2) is 7.44. The van der Waals surface area contributed by atoms with Crippen LogP contribution in [-0.2, 0) is 27.5 Å². The van der Waals surface area contributed by atoms with Crippen molar-refractivity contribution in [2.24, 2.45) is 0 Å². The molecule has 0 aliphatic heterocycles. The maximum absolute atomic E-state index is 11.8. The van der Waals surface area contributed by atoms with Gasteiger partial charge in [0, 0.05) is 13.5 Å². The minimum absolute atomic E-state index is 0.00141. The lowest BCUT2D eigenvalue weighted by Gasteiger charge is -2.13. The van der Waals surface area contributed by atoms with Gasteiger partial charge in [0.15, 0.2) is 0 Å². The summed E-state index contributed by atoms with van der Waals surface area (Å²) in [5, 5.41) is 2.47. The van der Waals surface area contributed by atoms with Crippen LogP contribution in [-0.4, -0.2) is 27.5 Å². The summed E-state index contributed by atoms with van der Waals surface area (Å²) in [5.74, 6) is -0.490. The first kappa shape index (κ1) is 16.5. The van der Waals surface area contributed by atoms with E-state index in [9.17, 15) is 9.59 Å². The summed E-state index contributed by atoms with van der Waals surface area (Å²) in [5.41, 5.74) is 7.55. The van der Waals surface area contributed by atoms with E-state index in [-0.39, 0.29) is 12.5 Å². The summed E-state index contributed by atoms with van der Waals surface area (Å²) in [6, 6.07) is 9.11. The number of anilines is 1. The van der Waals surface area contributed by atoms with Gasteiger partial charge in [0.05, 0.1) is 12.0 Å². The number of nitrogen functional groups attached to an aromatic ring is 1. The van der Waals surface area contributed by atoms with Crippen LogP contribution in [0.15, 0.2) is 36.7 Å². The molecule has 1 atom stereocenters. The first-order valence-electron chi connectivity index (χ1n) is 7.24. The highest BCUT2D eigenvalue weighted by Gasteiger charge is 2.17. The second-order valence-corrected chi connectivity index (χ2v) is 5.22. The fraction of sp³-hybridized carbons (Fsp3) is 0.312. The summed E-state index contributed by atoms with van der Waals surface area (Å²) in [6.45, 7) is 3.49. The van der Waals surface area contributed by atoms with E-state index in [1.165, 1.54) is 6.92 Å². The molecule has 1 aromatic carbocycles. The fourth-order valence-electron chi connectivity index (χ4n) is 2.12. The Morgan fingerprint density at radius 1 is 1.35 bits per heavy atom. The van der Waals surface area contributed by atoms with Gasteiger partial charge in [0.1, 0.15) is 18.5 Å². The van der Waals surface area contributed by atoms with Gasteiger partial charge in [-0.3, -0.25) is 4.79 Å². The molecule has 7 heteroatoms. The Labute approximate surface area is 134 Å². The Morgan fingerprint density at radius 3 is 2.70 bits per heavy atom. The van der Waals surface area contributed by atoms with Crippen LogP contribution in [0, 0.1) is 0 Å². The van der Waals surface area contributed by atoms with Crippen LogP contribution in [0.5, 0.6) is 0 Å². The molecule has 1 amide bonds. The zero-order valence-electron chi connectivity index (χ0n) is 13.2. The van der Waals surface area contributed by atoms with Gasteiger partial charge in [0.25, 0.3) is 0 Å². The Kier molecular flexibility index (Phi) is 5.35. The second-order valence-electron chi connectivity index (χ2n) is 5.22. The van der Waals surface area contributed by atoms with E-state index in [1.54, 1.807) is 13.3 Å². The van der Waals surface area contributed by atoms with Crippen molar-refractivity contribution in [1.82, 2.24) is 14.9 Å². The van der Waals surface area contributed by atoms with E-state index in [1.807, 2.05) is 34.9 Å². The third kappa shape index (κ3) is 4.57. The van der Waals surface area contributed by atoms with Crippen molar-refractivity contribution in [3.8, 4) is 0 Å². The molecule has 122 valence electrons. The van der Waals surface area contributed by atoms with Crippen molar-refractivity contribution < 1.29 is 14.3 Å². The fourth-order valence-corrected chi connectivity index (χ4v) is 2.12. The predicted octanol–water partition coefficient (Wildman–Crippen LogP) is 1.08. The number of ether oxygens (including phenoxy) is 1. The molecule has 0 bridgehead atoms. The van der Waals surface area contributed by atoms with E-state index >= 15 is 0 Å². The number of rotatable bonds is 6. The lowest BCUT2D eigenvalue weighted by molar-refractivity contribution is -0.148. The van der Waals surface area contributed by atoms with Crippen molar-refractivity contribution in [3.05, 3.63) is 47.9 Å². The molecule has 0 radical (unpaired) electrons. The number of imidazole rings is 1. The summed E-state index contributed by atoms with van der Waals surface area (Å²) in [7, 11) is 0. The summed E-state index contributed by atoms with van der Waals surface area (Å²) < 4.78 is 7.05. The molecule has 0 spiro atoms. The standard InChI is InChI=1S/C16H20N4O3/c1-11(19-12(2)21)16(22)23-9-14-15(17)18-10-20(14)8-13-6-4-3-5-7-13/h3-7,10-11H,8-9,17H2,1-2H3,(H,19,21)/t11-/m0/s1. The third-order valence-corrected chi connectivity index (χ3v) is 3.30. The third-order valence-electron chi connectivity index (χ3n) is 3.30. The molecule has 3 N–H and O–H groups in total. The molecule has 0 saturated heterocycles. The van der Waals surface area contributed by atoms with Crippen LogP contribution in [0.1, 0.15) is 25.1 Å². The van der Waals surface area contributed by atoms with Gasteiger partial charge in [-0.2, -0.15) is 0 Å². The smallest absolute Gasteiger partial charge is 0.328 e. The normalized spacial score (nSPS) is 11.7. The number of nitrogens with one attached hydrogen (secondary N) is 1.